The van der Waals surface area contributed by atoms with Crippen LogP contribution in [-0.2, 0) is 14.3 Å². The van der Waals surface area contributed by atoms with Gasteiger partial charge in [0.05, 0.1) is 12.0 Å². The van der Waals surface area contributed by atoms with E-state index >= 15 is 0 Å². The summed E-state index contributed by atoms with van der Waals surface area (Å²) in [5.41, 5.74) is 0.979. The zero-order valence-electron chi connectivity index (χ0n) is 12.9. The molecule has 22 heavy (non-hydrogen) atoms. The highest BCUT2D eigenvalue weighted by Crippen LogP contribution is 2.34. The van der Waals surface area contributed by atoms with Gasteiger partial charge in [0.15, 0.2) is 0 Å². The van der Waals surface area contributed by atoms with Gasteiger partial charge in [0.2, 0.25) is 5.91 Å². The Hall–Kier alpha value is -1.88. The van der Waals surface area contributed by atoms with Gasteiger partial charge in [-0.05, 0) is 24.8 Å². The third kappa shape index (κ3) is 4.07. The number of hydrogen-bond donors (Lipinski definition) is 1. The van der Waals surface area contributed by atoms with Crippen LogP contribution in [0.4, 0.5) is 0 Å². The molecule has 1 aromatic rings. The Morgan fingerprint density at radius 2 is 2.05 bits per heavy atom. The van der Waals surface area contributed by atoms with Crippen LogP contribution in [0.25, 0.3) is 0 Å². The van der Waals surface area contributed by atoms with Gasteiger partial charge < -0.3 is 14.7 Å². The molecule has 0 bridgehead atoms. The Bertz CT molecular complexity index is 503. The fourth-order valence-electron chi connectivity index (χ4n) is 2.94. The number of hydrogen-bond acceptors (Lipinski definition) is 3. The van der Waals surface area contributed by atoms with Gasteiger partial charge in [-0.1, -0.05) is 37.3 Å². The van der Waals surface area contributed by atoms with E-state index in [1.807, 2.05) is 37.3 Å². The van der Waals surface area contributed by atoms with E-state index in [1.165, 1.54) is 4.90 Å². The van der Waals surface area contributed by atoms with Crippen LogP contribution in [0.5, 0.6) is 0 Å². The molecule has 1 aromatic carbocycles. The number of carboxylic acid groups (broad SMARTS) is 1. The Morgan fingerprint density at radius 3 is 2.68 bits per heavy atom. The Labute approximate surface area is 130 Å². The van der Waals surface area contributed by atoms with Crippen LogP contribution in [0, 0.1) is 5.92 Å². The van der Waals surface area contributed by atoms with Crippen molar-refractivity contribution in [2.24, 2.45) is 5.92 Å². The molecule has 1 aliphatic heterocycles. The molecule has 2 atom stereocenters. The molecule has 1 amide bonds. The third-order valence-corrected chi connectivity index (χ3v) is 3.90. The topological polar surface area (TPSA) is 66.8 Å². The quantitative estimate of drug-likeness (QED) is 0.877. The minimum absolute atomic E-state index is 0.113. The molecular formula is C17H23NO4. The summed E-state index contributed by atoms with van der Waals surface area (Å²) in [4.78, 5) is 25.2. The largest absolute Gasteiger partial charge is 0.480 e. The van der Waals surface area contributed by atoms with Crippen LogP contribution in [0.15, 0.2) is 30.3 Å². The van der Waals surface area contributed by atoms with Gasteiger partial charge in [-0.15, -0.1) is 0 Å². The van der Waals surface area contributed by atoms with Crippen LogP contribution < -0.4 is 0 Å². The minimum atomic E-state index is -0.977. The molecular weight excluding hydrogens is 282 g/mol. The molecule has 1 saturated heterocycles. The molecule has 1 aliphatic rings. The van der Waals surface area contributed by atoms with E-state index < -0.39 is 5.97 Å². The van der Waals surface area contributed by atoms with Crippen molar-refractivity contribution < 1.29 is 19.4 Å². The highest BCUT2D eigenvalue weighted by atomic mass is 16.5. The first-order valence-corrected chi connectivity index (χ1v) is 7.80. The van der Waals surface area contributed by atoms with E-state index in [1.54, 1.807) is 0 Å². The van der Waals surface area contributed by atoms with Gasteiger partial charge >= 0.3 is 5.97 Å². The van der Waals surface area contributed by atoms with Crippen molar-refractivity contribution in [3.05, 3.63) is 35.9 Å². The summed E-state index contributed by atoms with van der Waals surface area (Å²) in [6.07, 6.45) is 2.02. The molecule has 0 spiro atoms. The molecule has 5 nitrogen and oxygen atoms in total. The number of carbonyl (C=O) groups excluding carboxylic acids is 1. The first-order valence-electron chi connectivity index (χ1n) is 7.80. The van der Waals surface area contributed by atoms with Crippen molar-refractivity contribution in [1.29, 1.82) is 0 Å². The SMILES string of the molecule is CCCN(CC(=O)O)C(=O)C1CCCOC1c1ccccc1. The maximum atomic E-state index is 12.8. The van der Waals surface area contributed by atoms with Gasteiger partial charge in [0.25, 0.3) is 0 Å². The molecule has 1 heterocycles. The Kier molecular flexibility index (Phi) is 5.95. The zero-order valence-corrected chi connectivity index (χ0v) is 12.9. The molecule has 2 rings (SSSR count). The number of carbonyl (C=O) groups is 2. The summed E-state index contributed by atoms with van der Waals surface area (Å²) in [6.45, 7) is 2.79. The van der Waals surface area contributed by atoms with E-state index in [-0.39, 0.29) is 24.5 Å². The molecule has 1 fully saturated rings. The van der Waals surface area contributed by atoms with Crippen LogP contribution in [-0.4, -0.2) is 41.6 Å². The molecule has 1 N–H and O–H groups in total. The highest BCUT2D eigenvalue weighted by molar-refractivity contribution is 5.83. The van der Waals surface area contributed by atoms with Crippen LogP contribution in [0.2, 0.25) is 0 Å². The predicted octanol–water partition coefficient (Wildman–Crippen LogP) is 2.48. The van der Waals surface area contributed by atoms with E-state index in [2.05, 4.69) is 0 Å². The lowest BCUT2D eigenvalue weighted by Crippen LogP contribution is -2.43. The lowest BCUT2D eigenvalue weighted by Gasteiger charge is -2.34. The first-order chi connectivity index (χ1) is 10.6. The molecule has 0 saturated carbocycles. The maximum Gasteiger partial charge on any atom is 0.323 e. The Balaban J connectivity index is 2.18. The van der Waals surface area contributed by atoms with Crippen LogP contribution in [0.1, 0.15) is 37.9 Å². The zero-order chi connectivity index (χ0) is 15.9. The molecule has 0 radical (unpaired) electrons. The molecule has 0 aliphatic carbocycles. The maximum absolute atomic E-state index is 12.8. The van der Waals surface area contributed by atoms with Gasteiger partial charge in [-0.2, -0.15) is 0 Å². The summed E-state index contributed by atoms with van der Waals surface area (Å²) in [7, 11) is 0. The van der Waals surface area contributed by atoms with Crippen molar-refractivity contribution in [1.82, 2.24) is 4.90 Å². The second-order valence-electron chi connectivity index (χ2n) is 5.60. The summed E-state index contributed by atoms with van der Waals surface area (Å²) in [5, 5.41) is 9.02. The third-order valence-electron chi connectivity index (χ3n) is 3.90. The van der Waals surface area contributed by atoms with Gasteiger partial charge in [0, 0.05) is 13.2 Å². The van der Waals surface area contributed by atoms with Crippen molar-refractivity contribution in [2.75, 3.05) is 19.7 Å². The summed E-state index contributed by atoms with van der Waals surface area (Å²) >= 11 is 0. The minimum Gasteiger partial charge on any atom is -0.480 e. The number of amides is 1. The summed E-state index contributed by atoms with van der Waals surface area (Å²) in [6, 6.07) is 9.69. The van der Waals surface area contributed by atoms with Gasteiger partial charge in [0.1, 0.15) is 6.54 Å². The monoisotopic (exact) mass is 305 g/mol. The van der Waals surface area contributed by atoms with Crippen molar-refractivity contribution >= 4 is 11.9 Å². The molecule has 2 unspecified atom stereocenters. The molecule has 0 aromatic heterocycles. The van der Waals surface area contributed by atoms with E-state index in [0.717, 1.165) is 24.8 Å². The average Bonchev–Trinajstić information content (AvgIpc) is 2.54. The number of carboxylic acids is 1. The lowest BCUT2D eigenvalue weighted by molar-refractivity contribution is -0.152. The second-order valence-corrected chi connectivity index (χ2v) is 5.60. The van der Waals surface area contributed by atoms with E-state index in [9.17, 15) is 9.59 Å². The van der Waals surface area contributed by atoms with Gasteiger partial charge in [-0.3, -0.25) is 9.59 Å². The smallest absolute Gasteiger partial charge is 0.323 e. The fraction of sp³-hybridized carbons (Fsp3) is 0.529. The standard InChI is InChI=1S/C17H23NO4/c1-2-10-18(12-15(19)20)17(21)14-9-6-11-22-16(14)13-7-4-3-5-8-13/h3-5,7-8,14,16H,2,6,9-12H2,1H3,(H,19,20). The molecule has 5 heteroatoms. The van der Waals surface area contributed by atoms with Crippen molar-refractivity contribution in [3.63, 3.8) is 0 Å². The number of benzene rings is 1. The lowest BCUT2D eigenvalue weighted by atomic mass is 9.88. The normalized spacial score (nSPS) is 21.3. The second kappa shape index (κ2) is 7.94. The van der Waals surface area contributed by atoms with E-state index in [0.29, 0.717) is 13.2 Å². The predicted molar refractivity (Wildman–Crippen MR) is 82.4 cm³/mol. The number of ether oxygens (including phenoxy) is 1. The highest BCUT2D eigenvalue weighted by Gasteiger charge is 2.35. The number of aliphatic carboxylic acids is 1. The summed E-state index contributed by atoms with van der Waals surface area (Å²) in [5.74, 6) is -1.39. The van der Waals surface area contributed by atoms with Crippen LogP contribution >= 0.6 is 0 Å². The average molecular weight is 305 g/mol. The first kappa shape index (κ1) is 16.5. The molecule has 120 valence electrons. The Morgan fingerprint density at radius 1 is 1.32 bits per heavy atom. The number of rotatable bonds is 6. The number of nitrogens with zero attached hydrogens (tertiary/aromatic N) is 1. The van der Waals surface area contributed by atoms with E-state index in [4.69, 9.17) is 9.84 Å². The van der Waals surface area contributed by atoms with Crippen molar-refractivity contribution in [2.45, 2.75) is 32.3 Å². The van der Waals surface area contributed by atoms with Crippen molar-refractivity contribution in [3.8, 4) is 0 Å². The summed E-state index contributed by atoms with van der Waals surface area (Å²) < 4.78 is 5.84. The fourth-order valence-corrected chi connectivity index (χ4v) is 2.94. The van der Waals surface area contributed by atoms with Gasteiger partial charge in [-0.25, -0.2) is 0 Å². The van der Waals surface area contributed by atoms with Crippen LogP contribution in [0.3, 0.4) is 0 Å².